The maximum atomic E-state index is 10.1. The zero-order valence-corrected chi connectivity index (χ0v) is 5.61. The van der Waals surface area contributed by atoms with Crippen LogP contribution in [0, 0.1) is 10.1 Å². The molecule has 0 fully saturated rings. The molecule has 0 aromatic heterocycles. The van der Waals surface area contributed by atoms with Gasteiger partial charge in [-0.25, -0.2) is 4.99 Å². The van der Waals surface area contributed by atoms with Crippen LogP contribution in [0.1, 0.15) is 6.92 Å². The smallest absolute Gasteiger partial charge is 0.284 e. The van der Waals surface area contributed by atoms with Gasteiger partial charge in [0.05, 0.1) is 6.54 Å². The van der Waals surface area contributed by atoms with E-state index < -0.39 is 11.0 Å². The lowest BCUT2D eigenvalue weighted by Crippen LogP contribution is -2.26. The Kier molecular flexibility index (Phi) is 1.84. The van der Waals surface area contributed by atoms with Crippen molar-refractivity contribution in [3.8, 4) is 0 Å². The monoisotopic (exact) mass is 144 g/mol. The van der Waals surface area contributed by atoms with Crippen molar-refractivity contribution in [2.45, 2.75) is 13.0 Å². The van der Waals surface area contributed by atoms with Crippen LogP contribution in [-0.4, -0.2) is 30.0 Å². The van der Waals surface area contributed by atoms with Crippen LogP contribution in [0.15, 0.2) is 4.99 Å². The molecular formula is C5H8N2O3. The van der Waals surface area contributed by atoms with Crippen LogP contribution in [0.5, 0.6) is 0 Å². The van der Waals surface area contributed by atoms with Gasteiger partial charge < -0.3 is 4.74 Å². The SMILES string of the molecule is CC(C1=NCCO1)[N+](=O)[O-]. The average Bonchev–Trinajstić information content (AvgIpc) is 2.36. The number of hydrogen-bond acceptors (Lipinski definition) is 4. The minimum atomic E-state index is -0.789. The minimum absolute atomic E-state index is 0.255. The van der Waals surface area contributed by atoms with Gasteiger partial charge in [0, 0.05) is 11.8 Å². The molecule has 5 heteroatoms. The Labute approximate surface area is 57.9 Å². The third kappa shape index (κ3) is 1.23. The van der Waals surface area contributed by atoms with Crippen LogP contribution >= 0.6 is 0 Å². The molecule has 0 bridgehead atoms. The molecule has 1 aliphatic heterocycles. The summed E-state index contributed by atoms with van der Waals surface area (Å²) in [5.74, 6) is 0.255. The van der Waals surface area contributed by atoms with E-state index in [-0.39, 0.29) is 5.90 Å². The van der Waals surface area contributed by atoms with Crippen LogP contribution in [-0.2, 0) is 4.74 Å². The summed E-state index contributed by atoms with van der Waals surface area (Å²) in [7, 11) is 0. The summed E-state index contributed by atoms with van der Waals surface area (Å²) in [5.41, 5.74) is 0. The molecule has 56 valence electrons. The predicted molar refractivity (Wildman–Crippen MR) is 34.7 cm³/mol. The molecule has 1 aliphatic rings. The number of ether oxygens (including phenoxy) is 1. The molecule has 0 aliphatic carbocycles. The Hall–Kier alpha value is -1.13. The summed E-state index contributed by atoms with van der Waals surface area (Å²) >= 11 is 0. The van der Waals surface area contributed by atoms with Gasteiger partial charge >= 0.3 is 0 Å². The third-order valence-electron chi connectivity index (χ3n) is 1.28. The van der Waals surface area contributed by atoms with Gasteiger partial charge in [-0.05, 0) is 0 Å². The van der Waals surface area contributed by atoms with Crippen LogP contribution in [0.3, 0.4) is 0 Å². The second kappa shape index (κ2) is 2.64. The number of rotatable bonds is 2. The van der Waals surface area contributed by atoms with E-state index in [1.54, 1.807) is 0 Å². The van der Waals surface area contributed by atoms with Crippen molar-refractivity contribution < 1.29 is 9.66 Å². The first-order chi connectivity index (χ1) is 4.72. The quantitative estimate of drug-likeness (QED) is 0.407. The van der Waals surface area contributed by atoms with E-state index in [2.05, 4.69) is 4.99 Å². The highest BCUT2D eigenvalue weighted by molar-refractivity contribution is 5.81. The Balaban J connectivity index is 2.55. The molecule has 0 saturated carbocycles. The first-order valence-electron chi connectivity index (χ1n) is 3.02. The maximum absolute atomic E-state index is 10.1. The molecule has 0 amide bonds. The zero-order chi connectivity index (χ0) is 7.56. The summed E-state index contributed by atoms with van der Waals surface area (Å²) in [5, 5.41) is 10.1. The predicted octanol–water partition coefficient (Wildman–Crippen LogP) is 0.0803. The van der Waals surface area contributed by atoms with Gasteiger partial charge in [0.2, 0.25) is 0 Å². The fraction of sp³-hybridized carbons (Fsp3) is 0.800. The summed E-state index contributed by atoms with van der Waals surface area (Å²) in [4.78, 5) is 13.5. The first-order valence-corrected chi connectivity index (χ1v) is 3.02. The Morgan fingerprint density at radius 1 is 1.90 bits per heavy atom. The zero-order valence-electron chi connectivity index (χ0n) is 5.61. The summed E-state index contributed by atoms with van der Waals surface area (Å²) < 4.78 is 4.88. The lowest BCUT2D eigenvalue weighted by Gasteiger charge is -2.01. The lowest BCUT2D eigenvalue weighted by molar-refractivity contribution is -0.500. The highest BCUT2D eigenvalue weighted by Gasteiger charge is 2.24. The van der Waals surface area contributed by atoms with Gasteiger partial charge in [-0.2, -0.15) is 0 Å². The molecular weight excluding hydrogens is 136 g/mol. The Bertz CT molecular complexity index is 178. The molecule has 1 rings (SSSR count). The number of nitro groups is 1. The van der Waals surface area contributed by atoms with Crippen molar-refractivity contribution in [3.63, 3.8) is 0 Å². The molecule has 5 nitrogen and oxygen atoms in total. The molecule has 0 spiro atoms. The first kappa shape index (κ1) is 6.98. The Morgan fingerprint density at radius 2 is 2.60 bits per heavy atom. The normalized spacial score (nSPS) is 19.5. The van der Waals surface area contributed by atoms with E-state index in [1.165, 1.54) is 6.92 Å². The standard InChI is InChI=1S/C5H8N2O3/c1-4(7(8)9)5-6-2-3-10-5/h4H,2-3H2,1H3. The average molecular weight is 144 g/mol. The van der Waals surface area contributed by atoms with Crippen molar-refractivity contribution in [2.24, 2.45) is 4.99 Å². The van der Waals surface area contributed by atoms with Crippen molar-refractivity contribution in [3.05, 3.63) is 10.1 Å². The molecule has 10 heavy (non-hydrogen) atoms. The van der Waals surface area contributed by atoms with Gasteiger partial charge in [-0.3, -0.25) is 10.1 Å². The molecule has 1 heterocycles. The summed E-state index contributed by atoms with van der Waals surface area (Å²) in [6.45, 7) is 2.49. The second-order valence-corrected chi connectivity index (χ2v) is 2.03. The molecule has 0 saturated heterocycles. The van der Waals surface area contributed by atoms with Gasteiger partial charge in [0.15, 0.2) is 0 Å². The molecule has 0 aromatic carbocycles. The molecule has 0 radical (unpaired) electrons. The van der Waals surface area contributed by atoms with Gasteiger partial charge in [0.1, 0.15) is 6.61 Å². The largest absolute Gasteiger partial charge is 0.474 e. The number of hydrogen-bond donors (Lipinski definition) is 0. The fourth-order valence-corrected chi connectivity index (χ4v) is 0.695. The van der Waals surface area contributed by atoms with Crippen molar-refractivity contribution >= 4 is 5.90 Å². The van der Waals surface area contributed by atoms with Gasteiger partial charge in [0.25, 0.3) is 11.9 Å². The highest BCUT2D eigenvalue weighted by atomic mass is 16.6. The van der Waals surface area contributed by atoms with Gasteiger partial charge in [-0.1, -0.05) is 0 Å². The second-order valence-electron chi connectivity index (χ2n) is 2.03. The van der Waals surface area contributed by atoms with Crippen molar-refractivity contribution in [1.82, 2.24) is 0 Å². The van der Waals surface area contributed by atoms with Crippen molar-refractivity contribution in [2.75, 3.05) is 13.2 Å². The van der Waals surface area contributed by atoms with E-state index in [0.29, 0.717) is 13.2 Å². The van der Waals surface area contributed by atoms with Crippen LogP contribution in [0.2, 0.25) is 0 Å². The van der Waals surface area contributed by atoms with Crippen molar-refractivity contribution in [1.29, 1.82) is 0 Å². The molecule has 0 N–H and O–H groups in total. The van der Waals surface area contributed by atoms with E-state index in [1.807, 2.05) is 0 Å². The third-order valence-corrected chi connectivity index (χ3v) is 1.28. The maximum Gasteiger partial charge on any atom is 0.284 e. The lowest BCUT2D eigenvalue weighted by atomic mass is 10.4. The minimum Gasteiger partial charge on any atom is -0.474 e. The number of aliphatic imine (C=N–C) groups is 1. The van der Waals surface area contributed by atoms with E-state index in [0.717, 1.165) is 0 Å². The topological polar surface area (TPSA) is 64.7 Å². The van der Waals surface area contributed by atoms with Crippen LogP contribution in [0.25, 0.3) is 0 Å². The van der Waals surface area contributed by atoms with E-state index >= 15 is 0 Å². The fourth-order valence-electron chi connectivity index (χ4n) is 0.695. The van der Waals surface area contributed by atoms with Gasteiger partial charge in [-0.15, -0.1) is 0 Å². The van der Waals surface area contributed by atoms with Crippen LogP contribution < -0.4 is 0 Å². The van der Waals surface area contributed by atoms with E-state index in [9.17, 15) is 10.1 Å². The highest BCUT2D eigenvalue weighted by Crippen LogP contribution is 2.01. The molecule has 1 unspecified atom stereocenters. The van der Waals surface area contributed by atoms with Crippen LogP contribution in [0.4, 0.5) is 0 Å². The summed E-state index contributed by atoms with van der Waals surface area (Å²) in [6.07, 6.45) is 0. The Morgan fingerprint density at radius 3 is 3.00 bits per heavy atom. The summed E-state index contributed by atoms with van der Waals surface area (Å²) in [6, 6.07) is -0.789. The molecule has 0 aromatic rings. The molecule has 1 atom stereocenters. The van der Waals surface area contributed by atoms with E-state index in [4.69, 9.17) is 4.74 Å². The number of nitrogens with zero attached hydrogens (tertiary/aromatic N) is 2.